The first-order valence-corrected chi connectivity index (χ1v) is 7.99. The highest BCUT2D eigenvalue weighted by atomic mass is 32.2. The SMILES string of the molecule is CCNC(=O)c1ccc(-c2ccc(S(C)(=O)=O)cc2)o1. The zero-order valence-electron chi connectivity index (χ0n) is 11.2. The molecular formula is C14H15NO4S. The minimum atomic E-state index is -3.21. The molecule has 0 aliphatic heterocycles. The van der Waals surface area contributed by atoms with E-state index < -0.39 is 9.84 Å². The fraction of sp³-hybridized carbons (Fsp3) is 0.214. The smallest absolute Gasteiger partial charge is 0.287 e. The third-order valence-corrected chi connectivity index (χ3v) is 3.86. The molecule has 20 heavy (non-hydrogen) atoms. The molecule has 1 aromatic heterocycles. The van der Waals surface area contributed by atoms with Crippen molar-refractivity contribution in [2.45, 2.75) is 11.8 Å². The summed E-state index contributed by atoms with van der Waals surface area (Å²) in [7, 11) is -3.21. The molecule has 0 bridgehead atoms. The Hall–Kier alpha value is -2.08. The van der Waals surface area contributed by atoms with Crippen LogP contribution in [0.2, 0.25) is 0 Å². The summed E-state index contributed by atoms with van der Waals surface area (Å²) in [5, 5.41) is 2.64. The van der Waals surface area contributed by atoms with Crippen LogP contribution in [0.5, 0.6) is 0 Å². The number of sulfone groups is 1. The van der Waals surface area contributed by atoms with Crippen molar-refractivity contribution in [1.82, 2.24) is 5.32 Å². The molecule has 2 rings (SSSR count). The van der Waals surface area contributed by atoms with Gasteiger partial charge in [-0.15, -0.1) is 0 Å². The lowest BCUT2D eigenvalue weighted by molar-refractivity contribution is 0.0929. The van der Waals surface area contributed by atoms with Gasteiger partial charge in [-0.2, -0.15) is 0 Å². The molecule has 1 heterocycles. The Morgan fingerprint density at radius 3 is 2.35 bits per heavy atom. The van der Waals surface area contributed by atoms with Gasteiger partial charge in [-0.1, -0.05) is 0 Å². The second kappa shape index (κ2) is 5.50. The van der Waals surface area contributed by atoms with Crippen LogP contribution in [0, 0.1) is 0 Å². The highest BCUT2D eigenvalue weighted by Gasteiger charge is 2.12. The lowest BCUT2D eigenvalue weighted by atomic mass is 10.2. The lowest BCUT2D eigenvalue weighted by Gasteiger charge is -2.01. The van der Waals surface area contributed by atoms with Crippen LogP contribution < -0.4 is 5.32 Å². The Balaban J connectivity index is 2.27. The minimum Gasteiger partial charge on any atom is -0.451 e. The summed E-state index contributed by atoms with van der Waals surface area (Å²) in [6, 6.07) is 9.59. The Labute approximate surface area is 117 Å². The van der Waals surface area contributed by atoms with Crippen molar-refractivity contribution < 1.29 is 17.6 Å². The third-order valence-electron chi connectivity index (χ3n) is 2.73. The van der Waals surface area contributed by atoms with E-state index in [1.54, 1.807) is 24.3 Å². The van der Waals surface area contributed by atoms with E-state index >= 15 is 0 Å². The van der Waals surface area contributed by atoms with Gasteiger partial charge in [0.05, 0.1) is 4.90 Å². The van der Waals surface area contributed by atoms with Gasteiger partial charge in [0.25, 0.3) is 5.91 Å². The number of hydrogen-bond donors (Lipinski definition) is 1. The first kappa shape index (κ1) is 14.3. The van der Waals surface area contributed by atoms with Crippen molar-refractivity contribution in [3.8, 4) is 11.3 Å². The van der Waals surface area contributed by atoms with Crippen molar-refractivity contribution >= 4 is 15.7 Å². The number of hydrogen-bond acceptors (Lipinski definition) is 4. The first-order valence-electron chi connectivity index (χ1n) is 6.10. The Kier molecular flexibility index (Phi) is 3.94. The standard InChI is InChI=1S/C14H15NO4S/c1-3-15-14(16)13-9-8-12(19-13)10-4-6-11(7-5-10)20(2,17)18/h4-9H,3H2,1-2H3,(H,15,16). The molecule has 0 fully saturated rings. The number of carbonyl (C=O) groups is 1. The molecule has 0 aliphatic carbocycles. The summed E-state index contributed by atoms with van der Waals surface area (Å²) in [6.45, 7) is 2.35. The van der Waals surface area contributed by atoms with Crippen molar-refractivity contribution in [3.63, 3.8) is 0 Å². The van der Waals surface area contributed by atoms with Gasteiger partial charge in [0, 0.05) is 18.4 Å². The summed E-state index contributed by atoms with van der Waals surface area (Å²) in [6.07, 6.45) is 1.15. The van der Waals surface area contributed by atoms with Crippen LogP contribution in [0.3, 0.4) is 0 Å². The summed E-state index contributed by atoms with van der Waals surface area (Å²) < 4.78 is 28.2. The molecule has 0 radical (unpaired) electrons. The predicted molar refractivity (Wildman–Crippen MR) is 75.3 cm³/mol. The molecule has 0 unspecified atom stereocenters. The average molecular weight is 293 g/mol. The second-order valence-corrected chi connectivity index (χ2v) is 6.34. The molecule has 0 atom stereocenters. The van der Waals surface area contributed by atoms with Gasteiger partial charge >= 0.3 is 0 Å². The van der Waals surface area contributed by atoms with E-state index in [1.807, 2.05) is 6.92 Å². The Morgan fingerprint density at radius 2 is 1.80 bits per heavy atom. The van der Waals surface area contributed by atoms with E-state index in [-0.39, 0.29) is 16.6 Å². The zero-order chi connectivity index (χ0) is 14.8. The lowest BCUT2D eigenvalue weighted by Crippen LogP contribution is -2.21. The van der Waals surface area contributed by atoms with E-state index in [0.29, 0.717) is 17.9 Å². The van der Waals surface area contributed by atoms with E-state index in [2.05, 4.69) is 5.32 Å². The van der Waals surface area contributed by atoms with E-state index in [9.17, 15) is 13.2 Å². The highest BCUT2D eigenvalue weighted by molar-refractivity contribution is 7.90. The van der Waals surface area contributed by atoms with Gasteiger partial charge in [-0.3, -0.25) is 4.79 Å². The molecule has 0 saturated heterocycles. The average Bonchev–Trinajstić information content (AvgIpc) is 2.88. The first-order chi connectivity index (χ1) is 9.41. The molecular weight excluding hydrogens is 278 g/mol. The van der Waals surface area contributed by atoms with Crippen LogP contribution in [0.1, 0.15) is 17.5 Å². The van der Waals surface area contributed by atoms with Gasteiger partial charge < -0.3 is 9.73 Å². The predicted octanol–water partition coefficient (Wildman–Crippen LogP) is 2.10. The number of carbonyl (C=O) groups excluding carboxylic acids is 1. The Bertz CT molecular complexity index is 714. The minimum absolute atomic E-state index is 0.231. The number of nitrogens with one attached hydrogen (secondary N) is 1. The van der Waals surface area contributed by atoms with Crippen LogP contribution in [0.15, 0.2) is 45.7 Å². The van der Waals surface area contributed by atoms with Crippen LogP contribution in [-0.2, 0) is 9.84 Å². The van der Waals surface area contributed by atoms with Gasteiger partial charge in [-0.25, -0.2) is 8.42 Å². The zero-order valence-corrected chi connectivity index (χ0v) is 12.0. The monoisotopic (exact) mass is 293 g/mol. The normalized spacial score (nSPS) is 11.3. The maximum atomic E-state index is 11.6. The van der Waals surface area contributed by atoms with Crippen LogP contribution in [0.25, 0.3) is 11.3 Å². The van der Waals surface area contributed by atoms with Gasteiger partial charge in [0.1, 0.15) is 5.76 Å². The van der Waals surface area contributed by atoms with Crippen LogP contribution >= 0.6 is 0 Å². The maximum absolute atomic E-state index is 11.6. The molecule has 6 heteroatoms. The molecule has 1 amide bonds. The highest BCUT2D eigenvalue weighted by Crippen LogP contribution is 2.23. The quantitative estimate of drug-likeness (QED) is 0.936. The summed E-state index contributed by atoms with van der Waals surface area (Å²) in [4.78, 5) is 11.8. The van der Waals surface area contributed by atoms with E-state index in [4.69, 9.17) is 4.42 Å². The van der Waals surface area contributed by atoms with Crippen molar-refractivity contribution in [1.29, 1.82) is 0 Å². The molecule has 2 aromatic rings. The fourth-order valence-corrected chi connectivity index (χ4v) is 2.36. The van der Waals surface area contributed by atoms with Crippen molar-refractivity contribution in [3.05, 3.63) is 42.2 Å². The second-order valence-electron chi connectivity index (χ2n) is 4.32. The number of benzene rings is 1. The third kappa shape index (κ3) is 3.08. The van der Waals surface area contributed by atoms with Gasteiger partial charge in [0.15, 0.2) is 15.6 Å². The summed E-state index contributed by atoms with van der Waals surface area (Å²) >= 11 is 0. The van der Waals surface area contributed by atoms with Gasteiger partial charge in [0.2, 0.25) is 0 Å². The maximum Gasteiger partial charge on any atom is 0.287 e. The van der Waals surface area contributed by atoms with E-state index in [0.717, 1.165) is 6.26 Å². The van der Waals surface area contributed by atoms with Crippen molar-refractivity contribution in [2.75, 3.05) is 12.8 Å². The fourth-order valence-electron chi connectivity index (χ4n) is 1.73. The Morgan fingerprint density at radius 1 is 1.15 bits per heavy atom. The number of rotatable bonds is 4. The summed E-state index contributed by atoms with van der Waals surface area (Å²) in [5.41, 5.74) is 0.716. The number of amides is 1. The van der Waals surface area contributed by atoms with Crippen LogP contribution in [0.4, 0.5) is 0 Å². The molecule has 5 nitrogen and oxygen atoms in total. The van der Waals surface area contributed by atoms with Crippen LogP contribution in [-0.4, -0.2) is 27.1 Å². The van der Waals surface area contributed by atoms with E-state index in [1.165, 1.54) is 12.1 Å². The molecule has 106 valence electrons. The van der Waals surface area contributed by atoms with Gasteiger partial charge in [-0.05, 0) is 43.3 Å². The molecule has 0 spiro atoms. The molecule has 1 N–H and O–H groups in total. The molecule has 0 saturated carbocycles. The molecule has 1 aromatic carbocycles. The number of furan rings is 1. The van der Waals surface area contributed by atoms with Crippen molar-refractivity contribution in [2.24, 2.45) is 0 Å². The molecule has 0 aliphatic rings. The topological polar surface area (TPSA) is 76.4 Å². The largest absolute Gasteiger partial charge is 0.451 e. The summed E-state index contributed by atoms with van der Waals surface area (Å²) in [5.74, 6) is 0.479.